The maximum Gasteiger partial charge on any atom is 0.271 e. The lowest BCUT2D eigenvalue weighted by Gasteiger charge is -2.11. The summed E-state index contributed by atoms with van der Waals surface area (Å²) in [7, 11) is -3.66. The van der Waals surface area contributed by atoms with Crippen molar-refractivity contribution >= 4 is 27.0 Å². The molecule has 0 aliphatic heterocycles. The van der Waals surface area contributed by atoms with E-state index in [2.05, 4.69) is 14.9 Å². The fraction of sp³-hybridized carbons (Fsp3) is 0.294. The third kappa shape index (κ3) is 3.19. The standard InChI is InChI=1S/C17H17N3O3S2/c1-10-4-3-5-11(2)15(10)20-25(21,22)14-9-8-13(24-14)17-19-18-16(23-17)12-6-7-12/h3-5,8-9,12,20H,6-7H2,1-2H3. The van der Waals surface area contributed by atoms with Crippen LogP contribution in [-0.2, 0) is 10.0 Å². The van der Waals surface area contributed by atoms with Gasteiger partial charge in [0.1, 0.15) is 4.21 Å². The molecule has 130 valence electrons. The summed E-state index contributed by atoms with van der Waals surface area (Å²) >= 11 is 1.12. The Morgan fingerprint density at radius 2 is 1.84 bits per heavy atom. The Hall–Kier alpha value is -2.19. The van der Waals surface area contributed by atoms with Gasteiger partial charge >= 0.3 is 0 Å². The molecule has 0 spiro atoms. The fourth-order valence-electron chi connectivity index (χ4n) is 2.57. The van der Waals surface area contributed by atoms with Crippen LogP contribution in [0.3, 0.4) is 0 Å². The van der Waals surface area contributed by atoms with E-state index in [1.165, 1.54) is 0 Å². The molecule has 8 heteroatoms. The van der Waals surface area contributed by atoms with Gasteiger partial charge in [-0.25, -0.2) is 8.42 Å². The van der Waals surface area contributed by atoms with Crippen molar-refractivity contribution in [2.45, 2.75) is 36.8 Å². The first-order valence-corrected chi connectivity index (χ1v) is 10.3. The second kappa shape index (κ2) is 5.96. The zero-order valence-corrected chi connectivity index (χ0v) is 15.4. The fourth-order valence-corrected chi connectivity index (χ4v) is 5.00. The number of aryl methyl sites for hydroxylation is 2. The minimum absolute atomic E-state index is 0.219. The molecule has 1 aromatic carbocycles. The molecule has 2 aromatic heterocycles. The SMILES string of the molecule is Cc1cccc(C)c1NS(=O)(=O)c1ccc(-c2nnc(C3CC3)o2)s1. The molecule has 25 heavy (non-hydrogen) atoms. The Balaban J connectivity index is 1.61. The van der Waals surface area contributed by atoms with Gasteiger partial charge in [-0.2, -0.15) is 0 Å². The van der Waals surface area contributed by atoms with Gasteiger partial charge in [-0.1, -0.05) is 18.2 Å². The van der Waals surface area contributed by atoms with E-state index in [-0.39, 0.29) is 4.21 Å². The summed E-state index contributed by atoms with van der Waals surface area (Å²) in [4.78, 5) is 0.654. The molecular formula is C17H17N3O3S2. The first kappa shape index (κ1) is 16.3. The smallest absolute Gasteiger partial charge is 0.271 e. The van der Waals surface area contributed by atoms with Crippen molar-refractivity contribution in [2.24, 2.45) is 0 Å². The molecule has 0 atom stereocenters. The van der Waals surface area contributed by atoms with Gasteiger partial charge in [-0.15, -0.1) is 21.5 Å². The number of aromatic nitrogens is 2. The van der Waals surface area contributed by atoms with Gasteiger partial charge < -0.3 is 4.42 Å². The number of para-hydroxylation sites is 1. The Kier molecular flexibility index (Phi) is 3.88. The third-order valence-electron chi connectivity index (χ3n) is 4.14. The molecule has 0 bridgehead atoms. The minimum Gasteiger partial charge on any atom is -0.420 e. The summed E-state index contributed by atoms with van der Waals surface area (Å²) in [6.45, 7) is 3.76. The maximum atomic E-state index is 12.7. The largest absolute Gasteiger partial charge is 0.420 e. The van der Waals surface area contributed by atoms with Crippen molar-refractivity contribution in [3.05, 3.63) is 47.3 Å². The quantitative estimate of drug-likeness (QED) is 0.726. The highest BCUT2D eigenvalue weighted by molar-refractivity contribution is 7.94. The number of hydrogen-bond donors (Lipinski definition) is 1. The van der Waals surface area contributed by atoms with Crippen molar-refractivity contribution in [1.82, 2.24) is 10.2 Å². The number of nitrogens with zero attached hydrogens (tertiary/aromatic N) is 2. The Bertz CT molecular complexity index is 1010. The Labute approximate surface area is 150 Å². The van der Waals surface area contributed by atoms with Crippen molar-refractivity contribution in [3.63, 3.8) is 0 Å². The number of nitrogens with one attached hydrogen (secondary N) is 1. The van der Waals surface area contributed by atoms with Crippen LogP contribution in [0.25, 0.3) is 10.8 Å². The molecule has 3 aromatic rings. The lowest BCUT2D eigenvalue weighted by molar-refractivity contribution is 0.509. The number of sulfonamides is 1. The summed E-state index contributed by atoms with van der Waals surface area (Å²) in [5.41, 5.74) is 2.38. The van der Waals surface area contributed by atoms with Gasteiger partial charge in [-0.05, 0) is 49.9 Å². The molecule has 1 aliphatic carbocycles. The first-order valence-electron chi connectivity index (χ1n) is 7.97. The molecule has 0 saturated heterocycles. The molecule has 1 saturated carbocycles. The van der Waals surface area contributed by atoms with Crippen LogP contribution in [-0.4, -0.2) is 18.6 Å². The zero-order valence-electron chi connectivity index (χ0n) is 13.8. The molecule has 1 N–H and O–H groups in total. The normalized spacial score (nSPS) is 14.6. The van der Waals surface area contributed by atoms with E-state index < -0.39 is 10.0 Å². The van der Waals surface area contributed by atoms with Gasteiger partial charge in [0.15, 0.2) is 0 Å². The van der Waals surface area contributed by atoms with Crippen molar-refractivity contribution in [3.8, 4) is 10.8 Å². The van der Waals surface area contributed by atoms with Crippen LogP contribution >= 0.6 is 11.3 Å². The van der Waals surface area contributed by atoms with Crippen molar-refractivity contribution < 1.29 is 12.8 Å². The van der Waals surface area contributed by atoms with Crippen LogP contribution in [0.4, 0.5) is 5.69 Å². The molecule has 6 nitrogen and oxygen atoms in total. The highest BCUT2D eigenvalue weighted by Gasteiger charge is 2.30. The first-order chi connectivity index (χ1) is 11.9. The van der Waals surface area contributed by atoms with E-state index in [1.54, 1.807) is 12.1 Å². The van der Waals surface area contributed by atoms with Gasteiger partial charge in [-0.3, -0.25) is 4.72 Å². The molecule has 0 radical (unpaired) electrons. The van der Waals surface area contributed by atoms with Gasteiger partial charge in [0.05, 0.1) is 10.6 Å². The van der Waals surface area contributed by atoms with E-state index in [1.807, 2.05) is 32.0 Å². The number of anilines is 1. The van der Waals surface area contributed by atoms with E-state index in [0.29, 0.717) is 28.3 Å². The van der Waals surface area contributed by atoms with Crippen LogP contribution in [0, 0.1) is 13.8 Å². The highest BCUT2D eigenvalue weighted by Crippen LogP contribution is 2.40. The number of benzene rings is 1. The predicted molar refractivity (Wildman–Crippen MR) is 96.3 cm³/mol. The summed E-state index contributed by atoms with van der Waals surface area (Å²) < 4.78 is 34.0. The van der Waals surface area contributed by atoms with Crippen LogP contribution in [0.2, 0.25) is 0 Å². The van der Waals surface area contributed by atoms with Crippen molar-refractivity contribution in [2.75, 3.05) is 4.72 Å². The van der Waals surface area contributed by atoms with E-state index in [9.17, 15) is 8.42 Å². The van der Waals surface area contributed by atoms with Crippen LogP contribution in [0.1, 0.15) is 35.8 Å². The number of thiophene rings is 1. The monoisotopic (exact) mass is 375 g/mol. The van der Waals surface area contributed by atoms with Crippen molar-refractivity contribution in [1.29, 1.82) is 0 Å². The molecule has 0 unspecified atom stereocenters. The second-order valence-electron chi connectivity index (χ2n) is 6.21. The van der Waals surface area contributed by atoms with Crippen LogP contribution in [0.5, 0.6) is 0 Å². The average molecular weight is 375 g/mol. The minimum atomic E-state index is -3.66. The average Bonchev–Trinajstić information content (AvgIpc) is 3.10. The maximum absolute atomic E-state index is 12.7. The lowest BCUT2D eigenvalue weighted by Crippen LogP contribution is -2.13. The molecule has 1 aliphatic rings. The second-order valence-corrected chi connectivity index (χ2v) is 9.20. The Morgan fingerprint density at radius 1 is 1.12 bits per heavy atom. The highest BCUT2D eigenvalue weighted by atomic mass is 32.2. The summed E-state index contributed by atoms with van der Waals surface area (Å²) in [6.07, 6.45) is 2.15. The van der Waals surface area contributed by atoms with Gasteiger partial charge in [0.2, 0.25) is 5.89 Å². The molecule has 1 fully saturated rings. The van der Waals surface area contributed by atoms with Crippen LogP contribution < -0.4 is 4.72 Å². The molecule has 0 amide bonds. The summed E-state index contributed by atoms with van der Waals surface area (Å²) in [6, 6.07) is 8.93. The number of hydrogen-bond acceptors (Lipinski definition) is 6. The van der Waals surface area contributed by atoms with E-state index in [4.69, 9.17) is 4.42 Å². The zero-order chi connectivity index (χ0) is 17.6. The molecular weight excluding hydrogens is 358 g/mol. The summed E-state index contributed by atoms with van der Waals surface area (Å²) in [5, 5.41) is 8.08. The lowest BCUT2D eigenvalue weighted by atomic mass is 10.1. The number of rotatable bonds is 5. The predicted octanol–water partition coefficient (Wildman–Crippen LogP) is 4.09. The van der Waals surface area contributed by atoms with E-state index in [0.717, 1.165) is 35.3 Å². The van der Waals surface area contributed by atoms with Crippen LogP contribution in [0.15, 0.2) is 39.0 Å². The third-order valence-corrected chi connectivity index (χ3v) is 7.06. The van der Waals surface area contributed by atoms with Gasteiger partial charge in [0.25, 0.3) is 15.9 Å². The summed E-state index contributed by atoms with van der Waals surface area (Å²) in [5.74, 6) is 1.39. The van der Waals surface area contributed by atoms with E-state index >= 15 is 0 Å². The molecule has 4 rings (SSSR count). The molecule has 2 heterocycles. The van der Waals surface area contributed by atoms with Gasteiger partial charge in [0, 0.05) is 5.92 Å². The Morgan fingerprint density at radius 3 is 2.52 bits per heavy atom. The topological polar surface area (TPSA) is 85.1 Å².